The smallest absolute Gasteiger partial charge is 0.335 e. The number of anilines is 1. The number of rotatable bonds is 2. The van der Waals surface area contributed by atoms with E-state index in [9.17, 15) is 4.79 Å². The van der Waals surface area contributed by atoms with Crippen molar-refractivity contribution in [2.75, 3.05) is 5.32 Å². The third kappa shape index (κ3) is 1.73. The summed E-state index contributed by atoms with van der Waals surface area (Å²) < 4.78 is 4.95. The molecule has 0 spiro atoms. The first-order chi connectivity index (χ1) is 6.75. The Morgan fingerprint density at radius 1 is 1.79 bits per heavy atom. The highest BCUT2D eigenvalue weighted by Gasteiger charge is 2.25. The first-order valence-electron chi connectivity index (χ1n) is 4.27. The Balaban J connectivity index is 2.02. The molecule has 1 fully saturated rings. The number of ether oxygens (including phenoxy) is 1. The van der Waals surface area contributed by atoms with Crippen molar-refractivity contribution in [1.82, 2.24) is 15.2 Å². The number of esters is 1. The van der Waals surface area contributed by atoms with Gasteiger partial charge in [-0.25, -0.2) is 9.89 Å². The lowest BCUT2D eigenvalue weighted by Crippen LogP contribution is -2.00. The van der Waals surface area contributed by atoms with Gasteiger partial charge in [-0.1, -0.05) is 0 Å². The molecule has 2 N–H and O–H groups in total. The van der Waals surface area contributed by atoms with Crippen molar-refractivity contribution in [3.63, 3.8) is 0 Å². The molecule has 0 aliphatic carbocycles. The van der Waals surface area contributed by atoms with Gasteiger partial charge in [0.2, 0.25) is 5.95 Å². The largest absolute Gasteiger partial charge is 0.459 e. The van der Waals surface area contributed by atoms with Crippen LogP contribution in [-0.4, -0.2) is 27.3 Å². The lowest BCUT2D eigenvalue weighted by atomic mass is 10.2. The Hall–Kier alpha value is -1.85. The summed E-state index contributed by atoms with van der Waals surface area (Å²) in [5.74, 6) is 0.231. The molecule has 74 valence electrons. The van der Waals surface area contributed by atoms with Crippen molar-refractivity contribution < 1.29 is 9.53 Å². The molecule has 1 aliphatic rings. The standard InChI is InChI=1S/C8H10N4O2/c1-5-2-6(7(13)14-5)3-9-8-10-4-11-12-8/h3-5H,2H2,1H3,(H2,9,10,11,12)/b6-3-. The second kappa shape index (κ2) is 3.49. The van der Waals surface area contributed by atoms with Gasteiger partial charge in [-0.15, -0.1) is 0 Å². The van der Waals surface area contributed by atoms with Crippen LogP contribution in [0.5, 0.6) is 0 Å². The van der Waals surface area contributed by atoms with E-state index < -0.39 is 0 Å². The van der Waals surface area contributed by atoms with E-state index in [0.29, 0.717) is 17.9 Å². The summed E-state index contributed by atoms with van der Waals surface area (Å²) >= 11 is 0. The van der Waals surface area contributed by atoms with Crippen molar-refractivity contribution in [3.05, 3.63) is 18.1 Å². The molecule has 1 aliphatic heterocycles. The maximum atomic E-state index is 11.2. The highest BCUT2D eigenvalue weighted by molar-refractivity contribution is 5.90. The van der Waals surface area contributed by atoms with Gasteiger partial charge in [0.25, 0.3) is 0 Å². The second-order valence-electron chi connectivity index (χ2n) is 3.07. The van der Waals surface area contributed by atoms with Crippen LogP contribution < -0.4 is 5.32 Å². The molecule has 1 atom stereocenters. The molecule has 2 heterocycles. The molecule has 1 unspecified atom stereocenters. The molecular formula is C8H10N4O2. The Morgan fingerprint density at radius 2 is 2.64 bits per heavy atom. The maximum Gasteiger partial charge on any atom is 0.335 e. The molecule has 6 heteroatoms. The molecule has 2 rings (SSSR count). The van der Waals surface area contributed by atoms with E-state index in [-0.39, 0.29) is 12.1 Å². The van der Waals surface area contributed by atoms with Crippen LogP contribution in [0.1, 0.15) is 13.3 Å². The minimum Gasteiger partial charge on any atom is -0.459 e. The van der Waals surface area contributed by atoms with E-state index in [1.807, 2.05) is 6.92 Å². The zero-order valence-corrected chi connectivity index (χ0v) is 7.65. The van der Waals surface area contributed by atoms with Crippen LogP contribution >= 0.6 is 0 Å². The van der Waals surface area contributed by atoms with Gasteiger partial charge in [0.05, 0.1) is 5.57 Å². The van der Waals surface area contributed by atoms with Gasteiger partial charge in [0, 0.05) is 12.6 Å². The first kappa shape index (κ1) is 8.74. The molecule has 1 saturated heterocycles. The summed E-state index contributed by atoms with van der Waals surface area (Å²) in [4.78, 5) is 15.0. The number of H-pyrrole nitrogens is 1. The topological polar surface area (TPSA) is 79.9 Å². The van der Waals surface area contributed by atoms with Gasteiger partial charge in [-0.2, -0.15) is 10.1 Å². The third-order valence-corrected chi connectivity index (χ3v) is 1.88. The number of carbonyl (C=O) groups is 1. The number of hydrogen-bond acceptors (Lipinski definition) is 5. The van der Waals surface area contributed by atoms with Crippen LogP contribution in [0.2, 0.25) is 0 Å². The zero-order valence-electron chi connectivity index (χ0n) is 7.65. The van der Waals surface area contributed by atoms with Crippen LogP contribution in [-0.2, 0) is 9.53 Å². The van der Waals surface area contributed by atoms with Crippen molar-refractivity contribution in [2.45, 2.75) is 19.4 Å². The van der Waals surface area contributed by atoms with Crippen LogP contribution in [0.15, 0.2) is 18.1 Å². The number of cyclic esters (lactones) is 1. The van der Waals surface area contributed by atoms with Crippen molar-refractivity contribution in [2.24, 2.45) is 0 Å². The molecule has 0 bridgehead atoms. The molecule has 0 saturated carbocycles. The molecule has 6 nitrogen and oxygen atoms in total. The summed E-state index contributed by atoms with van der Waals surface area (Å²) in [5.41, 5.74) is 0.619. The third-order valence-electron chi connectivity index (χ3n) is 1.88. The highest BCUT2D eigenvalue weighted by Crippen LogP contribution is 2.19. The Kier molecular flexibility index (Phi) is 2.18. The van der Waals surface area contributed by atoms with Crippen LogP contribution in [0.4, 0.5) is 5.95 Å². The predicted octanol–water partition coefficient (Wildman–Crippen LogP) is 0.436. The van der Waals surface area contributed by atoms with Gasteiger partial charge < -0.3 is 10.1 Å². The predicted molar refractivity (Wildman–Crippen MR) is 48.3 cm³/mol. The fraction of sp³-hybridized carbons (Fsp3) is 0.375. The Labute approximate surface area is 80.4 Å². The van der Waals surface area contributed by atoms with Crippen molar-refractivity contribution in [3.8, 4) is 0 Å². The van der Waals surface area contributed by atoms with E-state index in [1.54, 1.807) is 6.20 Å². The fourth-order valence-corrected chi connectivity index (χ4v) is 1.24. The van der Waals surface area contributed by atoms with E-state index in [0.717, 1.165) is 0 Å². The summed E-state index contributed by atoms with van der Waals surface area (Å²) in [5, 5.41) is 9.10. The number of aromatic amines is 1. The van der Waals surface area contributed by atoms with E-state index in [4.69, 9.17) is 4.74 Å². The van der Waals surface area contributed by atoms with Crippen molar-refractivity contribution >= 4 is 11.9 Å². The fourth-order valence-electron chi connectivity index (χ4n) is 1.24. The lowest BCUT2D eigenvalue weighted by molar-refractivity contribution is -0.138. The minimum absolute atomic E-state index is 0.0368. The number of hydrogen-bond donors (Lipinski definition) is 2. The summed E-state index contributed by atoms with van der Waals surface area (Å²) in [7, 11) is 0. The van der Waals surface area contributed by atoms with Crippen LogP contribution in [0.3, 0.4) is 0 Å². The highest BCUT2D eigenvalue weighted by atomic mass is 16.5. The molecule has 0 radical (unpaired) electrons. The molecule has 1 aromatic heterocycles. The molecule has 0 amide bonds. The second-order valence-corrected chi connectivity index (χ2v) is 3.07. The van der Waals surface area contributed by atoms with Gasteiger partial charge >= 0.3 is 5.97 Å². The van der Waals surface area contributed by atoms with Gasteiger partial charge in [0.15, 0.2) is 0 Å². The SMILES string of the molecule is CC1C/C(=C/Nc2ncn[nH]2)C(=O)O1. The lowest BCUT2D eigenvalue weighted by Gasteiger charge is -1.94. The van der Waals surface area contributed by atoms with E-state index in [1.165, 1.54) is 6.33 Å². The Bertz CT molecular complexity index is 357. The van der Waals surface area contributed by atoms with E-state index in [2.05, 4.69) is 20.5 Å². The quantitative estimate of drug-likeness (QED) is 0.527. The first-order valence-corrected chi connectivity index (χ1v) is 4.27. The molecule has 14 heavy (non-hydrogen) atoms. The average molecular weight is 194 g/mol. The zero-order chi connectivity index (χ0) is 9.97. The molecule has 0 aromatic carbocycles. The summed E-state index contributed by atoms with van der Waals surface area (Å²) in [6, 6.07) is 0. The monoisotopic (exact) mass is 194 g/mol. The number of carbonyl (C=O) groups excluding carboxylic acids is 1. The molecule has 1 aromatic rings. The maximum absolute atomic E-state index is 11.2. The number of nitrogens with one attached hydrogen (secondary N) is 2. The van der Waals surface area contributed by atoms with Crippen LogP contribution in [0.25, 0.3) is 0 Å². The van der Waals surface area contributed by atoms with Gasteiger partial charge in [-0.3, -0.25) is 0 Å². The molecular weight excluding hydrogens is 184 g/mol. The number of nitrogens with zero attached hydrogens (tertiary/aromatic N) is 2. The minimum atomic E-state index is -0.274. The number of aromatic nitrogens is 3. The van der Waals surface area contributed by atoms with Crippen LogP contribution in [0, 0.1) is 0 Å². The van der Waals surface area contributed by atoms with Gasteiger partial charge in [0.1, 0.15) is 12.4 Å². The Morgan fingerprint density at radius 3 is 3.21 bits per heavy atom. The average Bonchev–Trinajstić information content (AvgIpc) is 2.72. The van der Waals surface area contributed by atoms with Gasteiger partial charge in [-0.05, 0) is 6.92 Å². The normalized spacial score (nSPS) is 23.9. The van der Waals surface area contributed by atoms with E-state index >= 15 is 0 Å². The summed E-state index contributed by atoms with van der Waals surface area (Å²) in [6.07, 6.45) is 3.56. The van der Waals surface area contributed by atoms with Crippen molar-refractivity contribution in [1.29, 1.82) is 0 Å². The summed E-state index contributed by atoms with van der Waals surface area (Å²) in [6.45, 7) is 1.85.